The highest BCUT2D eigenvalue weighted by atomic mass is 32.2. The average molecular weight is 244 g/mol. The van der Waals surface area contributed by atoms with Crippen molar-refractivity contribution in [1.82, 2.24) is 9.80 Å². The van der Waals surface area contributed by atoms with Crippen LogP contribution in [0.3, 0.4) is 0 Å². The smallest absolute Gasteiger partial charge is 0.246 e. The number of carbonyl (C=O) groups excluding carboxylic acids is 1. The second-order valence-corrected chi connectivity index (χ2v) is 6.52. The summed E-state index contributed by atoms with van der Waals surface area (Å²) < 4.78 is 23.0. The summed E-state index contributed by atoms with van der Waals surface area (Å²) >= 11 is 0. The minimum absolute atomic E-state index is 0.0311. The summed E-state index contributed by atoms with van der Waals surface area (Å²) in [7, 11) is -2.91. The van der Waals surface area contributed by atoms with Crippen LogP contribution in [-0.4, -0.2) is 67.9 Å². The van der Waals surface area contributed by atoms with E-state index in [1.807, 2.05) is 0 Å². The van der Waals surface area contributed by atoms with Crippen molar-refractivity contribution in [3.05, 3.63) is 12.7 Å². The summed E-state index contributed by atoms with van der Waals surface area (Å²) in [5.41, 5.74) is 0. The second-order valence-electron chi connectivity index (χ2n) is 4.29. The Balaban J connectivity index is 2.06. The highest BCUT2D eigenvalue weighted by molar-refractivity contribution is 7.91. The van der Waals surface area contributed by atoms with E-state index in [1.165, 1.54) is 6.08 Å². The van der Waals surface area contributed by atoms with Crippen LogP contribution >= 0.6 is 0 Å². The van der Waals surface area contributed by atoms with Crippen LogP contribution in [0.25, 0.3) is 0 Å². The number of sulfone groups is 1. The zero-order chi connectivity index (χ0) is 11.8. The summed E-state index contributed by atoms with van der Waals surface area (Å²) in [6, 6.07) is -0.0311. The average Bonchev–Trinajstić information content (AvgIpc) is 2.25. The molecule has 0 spiro atoms. The van der Waals surface area contributed by atoms with E-state index in [9.17, 15) is 13.2 Å². The normalized spacial score (nSPS) is 29.5. The SMILES string of the molecule is C=CC(=O)N1CCN2CCS(=O)(=O)CC2C1. The summed E-state index contributed by atoms with van der Waals surface area (Å²) in [6.07, 6.45) is 1.28. The monoisotopic (exact) mass is 244 g/mol. The van der Waals surface area contributed by atoms with E-state index >= 15 is 0 Å². The zero-order valence-electron chi connectivity index (χ0n) is 9.13. The molecule has 6 heteroatoms. The lowest BCUT2D eigenvalue weighted by Crippen LogP contribution is -2.60. The van der Waals surface area contributed by atoms with Gasteiger partial charge in [0.1, 0.15) is 0 Å². The minimum atomic E-state index is -2.91. The lowest BCUT2D eigenvalue weighted by molar-refractivity contribution is -0.128. The predicted molar refractivity (Wildman–Crippen MR) is 60.8 cm³/mol. The van der Waals surface area contributed by atoms with E-state index in [0.717, 1.165) is 6.54 Å². The van der Waals surface area contributed by atoms with Gasteiger partial charge in [0.05, 0.1) is 11.5 Å². The van der Waals surface area contributed by atoms with Crippen molar-refractivity contribution in [3.63, 3.8) is 0 Å². The lowest BCUT2D eigenvalue weighted by atomic mass is 10.2. The van der Waals surface area contributed by atoms with Crippen LogP contribution in [0.2, 0.25) is 0 Å². The van der Waals surface area contributed by atoms with E-state index in [2.05, 4.69) is 11.5 Å². The van der Waals surface area contributed by atoms with Crippen LogP contribution in [0, 0.1) is 0 Å². The molecule has 0 aromatic carbocycles. The molecule has 1 atom stereocenters. The molecule has 5 nitrogen and oxygen atoms in total. The molecule has 2 fully saturated rings. The van der Waals surface area contributed by atoms with Gasteiger partial charge in [-0.2, -0.15) is 0 Å². The molecule has 2 heterocycles. The van der Waals surface area contributed by atoms with Crippen molar-refractivity contribution in [2.75, 3.05) is 37.7 Å². The van der Waals surface area contributed by atoms with Gasteiger partial charge in [-0.15, -0.1) is 0 Å². The molecule has 16 heavy (non-hydrogen) atoms. The third-order valence-corrected chi connectivity index (χ3v) is 4.92. The van der Waals surface area contributed by atoms with Crippen molar-refractivity contribution >= 4 is 15.7 Å². The van der Waals surface area contributed by atoms with Gasteiger partial charge in [-0.1, -0.05) is 6.58 Å². The number of fused-ring (bicyclic) bond motifs is 1. The van der Waals surface area contributed by atoms with Gasteiger partial charge in [0, 0.05) is 32.2 Å². The van der Waals surface area contributed by atoms with Gasteiger partial charge in [0.25, 0.3) is 0 Å². The lowest BCUT2D eigenvalue weighted by Gasteiger charge is -2.43. The quantitative estimate of drug-likeness (QED) is 0.562. The van der Waals surface area contributed by atoms with Gasteiger partial charge < -0.3 is 4.90 Å². The van der Waals surface area contributed by atoms with Gasteiger partial charge >= 0.3 is 0 Å². The molecule has 1 unspecified atom stereocenters. The number of rotatable bonds is 1. The van der Waals surface area contributed by atoms with E-state index in [1.54, 1.807) is 4.90 Å². The fourth-order valence-electron chi connectivity index (χ4n) is 2.31. The first kappa shape index (κ1) is 11.6. The first-order valence-corrected chi connectivity index (χ1v) is 7.20. The third kappa shape index (κ3) is 2.27. The molecule has 0 saturated carbocycles. The molecule has 2 rings (SSSR count). The Morgan fingerprint density at radius 1 is 1.31 bits per heavy atom. The Hall–Kier alpha value is -0.880. The van der Waals surface area contributed by atoms with Crippen LogP contribution in [0.15, 0.2) is 12.7 Å². The molecule has 1 amide bonds. The molecule has 0 aromatic heterocycles. The molecule has 0 aromatic rings. The van der Waals surface area contributed by atoms with Crippen LogP contribution in [0.4, 0.5) is 0 Å². The fraction of sp³-hybridized carbons (Fsp3) is 0.700. The second kappa shape index (κ2) is 4.18. The minimum Gasteiger partial charge on any atom is -0.336 e. The Kier molecular flexibility index (Phi) is 3.03. The predicted octanol–water partition coefficient (Wildman–Crippen LogP) is -0.886. The number of amides is 1. The Morgan fingerprint density at radius 3 is 2.75 bits per heavy atom. The van der Waals surface area contributed by atoms with Crippen LogP contribution in [-0.2, 0) is 14.6 Å². The third-order valence-electron chi connectivity index (χ3n) is 3.23. The molecule has 0 bridgehead atoms. The van der Waals surface area contributed by atoms with Crippen molar-refractivity contribution in [2.24, 2.45) is 0 Å². The number of nitrogens with zero attached hydrogens (tertiary/aromatic N) is 2. The summed E-state index contributed by atoms with van der Waals surface area (Å²) in [5.74, 6) is 0.315. The Labute approximate surface area is 95.6 Å². The van der Waals surface area contributed by atoms with Crippen molar-refractivity contribution < 1.29 is 13.2 Å². The maximum atomic E-state index is 11.5. The fourth-order valence-corrected chi connectivity index (χ4v) is 3.89. The molecular formula is C10H16N2O3S. The number of carbonyl (C=O) groups is 1. The van der Waals surface area contributed by atoms with Crippen LogP contribution in [0.1, 0.15) is 0 Å². The molecule has 90 valence electrons. The Bertz CT molecular complexity index is 404. The van der Waals surface area contributed by atoms with E-state index < -0.39 is 9.84 Å². The summed E-state index contributed by atoms with van der Waals surface area (Å²) in [4.78, 5) is 15.3. The first-order chi connectivity index (χ1) is 7.52. The van der Waals surface area contributed by atoms with Crippen molar-refractivity contribution in [1.29, 1.82) is 0 Å². The summed E-state index contributed by atoms with van der Waals surface area (Å²) in [5, 5.41) is 0. The largest absolute Gasteiger partial charge is 0.336 e. The van der Waals surface area contributed by atoms with E-state index in [4.69, 9.17) is 0 Å². The molecule has 2 aliphatic rings. The van der Waals surface area contributed by atoms with Crippen molar-refractivity contribution in [3.8, 4) is 0 Å². The standard InChI is InChI=1S/C10H16N2O3S/c1-2-10(13)12-4-3-11-5-6-16(14,15)8-9(11)7-12/h2,9H,1,3-8H2. The summed E-state index contributed by atoms with van der Waals surface area (Å²) in [6.45, 7) is 5.98. The molecule has 2 saturated heterocycles. The van der Waals surface area contributed by atoms with Gasteiger partial charge in [0.15, 0.2) is 9.84 Å². The van der Waals surface area contributed by atoms with Crippen LogP contribution in [0.5, 0.6) is 0 Å². The Morgan fingerprint density at radius 2 is 2.06 bits per heavy atom. The van der Waals surface area contributed by atoms with Gasteiger partial charge in [0.2, 0.25) is 5.91 Å². The van der Waals surface area contributed by atoms with E-state index in [-0.39, 0.29) is 23.5 Å². The highest BCUT2D eigenvalue weighted by Gasteiger charge is 2.35. The topological polar surface area (TPSA) is 57.7 Å². The molecule has 0 radical (unpaired) electrons. The van der Waals surface area contributed by atoms with Crippen molar-refractivity contribution in [2.45, 2.75) is 6.04 Å². The zero-order valence-corrected chi connectivity index (χ0v) is 9.95. The first-order valence-electron chi connectivity index (χ1n) is 5.37. The number of piperazine rings is 1. The molecule has 0 aliphatic carbocycles. The van der Waals surface area contributed by atoms with Gasteiger partial charge in [-0.05, 0) is 6.08 Å². The molecular weight excluding hydrogens is 228 g/mol. The van der Waals surface area contributed by atoms with Gasteiger partial charge in [-0.3, -0.25) is 9.69 Å². The maximum absolute atomic E-state index is 11.5. The molecule has 0 N–H and O–H groups in total. The molecule has 2 aliphatic heterocycles. The highest BCUT2D eigenvalue weighted by Crippen LogP contribution is 2.17. The number of hydrogen-bond donors (Lipinski definition) is 0. The van der Waals surface area contributed by atoms with Gasteiger partial charge in [-0.25, -0.2) is 8.42 Å². The maximum Gasteiger partial charge on any atom is 0.246 e. The van der Waals surface area contributed by atoms with E-state index in [0.29, 0.717) is 19.6 Å². The van der Waals surface area contributed by atoms with Crippen LogP contribution < -0.4 is 0 Å². The number of hydrogen-bond acceptors (Lipinski definition) is 4.